The lowest BCUT2D eigenvalue weighted by molar-refractivity contribution is 0.819. The predicted molar refractivity (Wildman–Crippen MR) is 58.9 cm³/mol. The highest BCUT2D eigenvalue weighted by molar-refractivity contribution is 9.10. The van der Waals surface area contributed by atoms with Crippen molar-refractivity contribution < 1.29 is 0 Å². The van der Waals surface area contributed by atoms with Crippen molar-refractivity contribution in [3.05, 3.63) is 34.5 Å². The Hall–Kier alpha value is -1.23. The SMILES string of the molecule is Brc1cnn(-c2ncnc3c2CCC3)c1. The van der Waals surface area contributed by atoms with Crippen LogP contribution in [0.4, 0.5) is 0 Å². The van der Waals surface area contributed by atoms with Gasteiger partial charge in [0, 0.05) is 17.5 Å². The molecule has 0 aromatic carbocycles. The Bertz CT molecular complexity index is 506. The Morgan fingerprint density at radius 2 is 2.20 bits per heavy atom. The van der Waals surface area contributed by atoms with E-state index in [1.807, 2.05) is 6.20 Å². The molecule has 76 valence electrons. The minimum atomic E-state index is 0.920. The molecule has 0 N–H and O–H groups in total. The van der Waals surface area contributed by atoms with Gasteiger partial charge in [-0.3, -0.25) is 0 Å². The Morgan fingerprint density at radius 1 is 1.27 bits per heavy atom. The fourth-order valence-electron chi connectivity index (χ4n) is 1.96. The standard InChI is InChI=1S/C10H9BrN4/c11-7-4-14-15(5-7)10-8-2-1-3-9(8)12-6-13-10/h4-6H,1-3H2. The summed E-state index contributed by atoms with van der Waals surface area (Å²) in [5.74, 6) is 0.920. The first-order valence-electron chi connectivity index (χ1n) is 4.88. The van der Waals surface area contributed by atoms with Gasteiger partial charge in [-0.25, -0.2) is 14.6 Å². The molecule has 3 rings (SSSR count). The number of rotatable bonds is 1. The maximum atomic E-state index is 4.30. The summed E-state index contributed by atoms with van der Waals surface area (Å²) in [6.45, 7) is 0. The van der Waals surface area contributed by atoms with Gasteiger partial charge in [-0.15, -0.1) is 0 Å². The van der Waals surface area contributed by atoms with Crippen LogP contribution in [0.5, 0.6) is 0 Å². The molecule has 2 aromatic heterocycles. The van der Waals surface area contributed by atoms with Gasteiger partial charge in [-0.1, -0.05) is 0 Å². The lowest BCUT2D eigenvalue weighted by Crippen LogP contribution is -2.04. The fourth-order valence-corrected chi connectivity index (χ4v) is 2.24. The Morgan fingerprint density at radius 3 is 3.00 bits per heavy atom. The zero-order chi connectivity index (χ0) is 10.3. The molecular weight excluding hydrogens is 256 g/mol. The molecule has 5 heteroatoms. The van der Waals surface area contributed by atoms with Gasteiger partial charge in [-0.05, 0) is 35.2 Å². The monoisotopic (exact) mass is 264 g/mol. The van der Waals surface area contributed by atoms with Crippen LogP contribution in [-0.2, 0) is 12.8 Å². The fraction of sp³-hybridized carbons (Fsp3) is 0.300. The number of aromatic nitrogens is 4. The van der Waals surface area contributed by atoms with Gasteiger partial charge in [0.15, 0.2) is 5.82 Å². The zero-order valence-corrected chi connectivity index (χ0v) is 9.61. The molecule has 0 fully saturated rings. The van der Waals surface area contributed by atoms with E-state index in [0.717, 1.165) is 23.1 Å². The van der Waals surface area contributed by atoms with E-state index in [4.69, 9.17) is 0 Å². The third-order valence-electron chi connectivity index (χ3n) is 2.62. The lowest BCUT2D eigenvalue weighted by atomic mass is 10.2. The van der Waals surface area contributed by atoms with Crippen LogP contribution in [0.2, 0.25) is 0 Å². The van der Waals surface area contributed by atoms with Crippen molar-refractivity contribution in [1.82, 2.24) is 19.7 Å². The number of nitrogens with zero attached hydrogens (tertiary/aromatic N) is 4. The highest BCUT2D eigenvalue weighted by Crippen LogP contribution is 2.24. The minimum Gasteiger partial charge on any atom is -0.241 e. The van der Waals surface area contributed by atoms with Gasteiger partial charge >= 0.3 is 0 Å². The molecule has 2 heterocycles. The highest BCUT2D eigenvalue weighted by atomic mass is 79.9. The van der Waals surface area contributed by atoms with Crippen molar-refractivity contribution in [3.8, 4) is 5.82 Å². The average molecular weight is 265 g/mol. The van der Waals surface area contributed by atoms with E-state index in [0.29, 0.717) is 0 Å². The average Bonchev–Trinajstić information content (AvgIpc) is 2.84. The number of fused-ring (bicyclic) bond motifs is 1. The molecule has 1 aliphatic carbocycles. The maximum absolute atomic E-state index is 4.30. The van der Waals surface area contributed by atoms with Crippen molar-refractivity contribution in [2.24, 2.45) is 0 Å². The van der Waals surface area contributed by atoms with Crippen LogP contribution < -0.4 is 0 Å². The molecule has 4 nitrogen and oxygen atoms in total. The first kappa shape index (κ1) is 9.03. The molecule has 0 radical (unpaired) electrons. The Kier molecular flexibility index (Phi) is 2.05. The highest BCUT2D eigenvalue weighted by Gasteiger charge is 2.18. The Labute approximate surface area is 95.5 Å². The predicted octanol–water partition coefficient (Wildman–Crippen LogP) is 1.91. The van der Waals surface area contributed by atoms with Crippen molar-refractivity contribution in [2.75, 3.05) is 0 Å². The number of hydrogen-bond donors (Lipinski definition) is 0. The second-order valence-electron chi connectivity index (χ2n) is 3.58. The van der Waals surface area contributed by atoms with E-state index < -0.39 is 0 Å². The summed E-state index contributed by atoms with van der Waals surface area (Å²) < 4.78 is 2.77. The van der Waals surface area contributed by atoms with E-state index in [1.165, 1.54) is 17.7 Å². The van der Waals surface area contributed by atoms with E-state index >= 15 is 0 Å². The molecule has 1 aliphatic rings. The molecule has 0 atom stereocenters. The van der Waals surface area contributed by atoms with Crippen molar-refractivity contribution >= 4 is 15.9 Å². The molecule has 0 bridgehead atoms. The van der Waals surface area contributed by atoms with Crippen LogP contribution in [0, 0.1) is 0 Å². The second kappa shape index (κ2) is 3.41. The number of aryl methyl sites for hydroxylation is 1. The molecule has 0 unspecified atom stereocenters. The van der Waals surface area contributed by atoms with E-state index in [1.54, 1.807) is 17.2 Å². The van der Waals surface area contributed by atoms with E-state index in [-0.39, 0.29) is 0 Å². The first-order valence-corrected chi connectivity index (χ1v) is 5.67. The molecule has 0 aliphatic heterocycles. The molecule has 2 aromatic rings. The summed E-state index contributed by atoms with van der Waals surface area (Å²) >= 11 is 3.38. The number of hydrogen-bond acceptors (Lipinski definition) is 3. The molecule has 0 spiro atoms. The largest absolute Gasteiger partial charge is 0.241 e. The quantitative estimate of drug-likeness (QED) is 0.791. The van der Waals surface area contributed by atoms with Gasteiger partial charge in [0.2, 0.25) is 0 Å². The summed E-state index contributed by atoms with van der Waals surface area (Å²) in [4.78, 5) is 8.59. The van der Waals surface area contributed by atoms with Gasteiger partial charge in [0.25, 0.3) is 0 Å². The lowest BCUT2D eigenvalue weighted by Gasteiger charge is -2.05. The van der Waals surface area contributed by atoms with E-state index in [2.05, 4.69) is 31.0 Å². The van der Waals surface area contributed by atoms with Gasteiger partial charge in [0.05, 0.1) is 10.7 Å². The van der Waals surface area contributed by atoms with Gasteiger partial charge in [-0.2, -0.15) is 5.10 Å². The number of halogens is 1. The van der Waals surface area contributed by atoms with Crippen LogP contribution in [0.15, 0.2) is 23.2 Å². The van der Waals surface area contributed by atoms with E-state index in [9.17, 15) is 0 Å². The summed E-state index contributed by atoms with van der Waals surface area (Å²) in [5.41, 5.74) is 2.42. The van der Waals surface area contributed by atoms with Gasteiger partial charge < -0.3 is 0 Å². The minimum absolute atomic E-state index is 0.920. The van der Waals surface area contributed by atoms with Crippen LogP contribution in [0.1, 0.15) is 17.7 Å². The summed E-state index contributed by atoms with van der Waals surface area (Å²) in [6, 6.07) is 0. The van der Waals surface area contributed by atoms with Crippen LogP contribution >= 0.6 is 15.9 Å². The third-order valence-corrected chi connectivity index (χ3v) is 3.03. The van der Waals surface area contributed by atoms with Crippen molar-refractivity contribution in [2.45, 2.75) is 19.3 Å². The zero-order valence-electron chi connectivity index (χ0n) is 8.02. The molecule has 0 amide bonds. The third kappa shape index (κ3) is 1.47. The summed E-state index contributed by atoms with van der Waals surface area (Å²) in [5, 5.41) is 4.24. The smallest absolute Gasteiger partial charge is 0.160 e. The second-order valence-corrected chi connectivity index (χ2v) is 4.49. The maximum Gasteiger partial charge on any atom is 0.160 e. The topological polar surface area (TPSA) is 43.6 Å². The molecular formula is C10H9BrN4. The van der Waals surface area contributed by atoms with Crippen molar-refractivity contribution in [3.63, 3.8) is 0 Å². The van der Waals surface area contributed by atoms with Crippen LogP contribution in [0.25, 0.3) is 5.82 Å². The molecule has 0 saturated heterocycles. The first-order chi connectivity index (χ1) is 7.34. The normalized spacial score (nSPS) is 14.2. The Balaban J connectivity index is 2.16. The van der Waals surface area contributed by atoms with Crippen LogP contribution in [-0.4, -0.2) is 19.7 Å². The molecule has 0 saturated carbocycles. The summed E-state index contributed by atoms with van der Waals surface area (Å²) in [7, 11) is 0. The summed E-state index contributed by atoms with van der Waals surface area (Å²) in [6.07, 6.45) is 8.60. The molecule has 15 heavy (non-hydrogen) atoms. The van der Waals surface area contributed by atoms with Crippen LogP contribution in [0.3, 0.4) is 0 Å². The van der Waals surface area contributed by atoms with Gasteiger partial charge in [0.1, 0.15) is 6.33 Å². The van der Waals surface area contributed by atoms with Crippen molar-refractivity contribution in [1.29, 1.82) is 0 Å².